The topological polar surface area (TPSA) is 98.8 Å². The molecule has 1 aliphatic rings. The van der Waals surface area contributed by atoms with Gasteiger partial charge in [0.05, 0.1) is 18.1 Å². The van der Waals surface area contributed by atoms with E-state index in [1.54, 1.807) is 0 Å². The SMILES string of the molecule is O=c1[nH]cnc2c1c(SCc1nc3ccccc3o1)nn2C1CCOCC1. The average Bonchev–Trinajstić information content (AvgIpc) is 3.29. The van der Waals surface area contributed by atoms with Crippen LogP contribution in [0.5, 0.6) is 0 Å². The number of nitrogens with zero attached hydrogens (tertiary/aromatic N) is 4. The monoisotopic (exact) mass is 383 g/mol. The molecule has 0 aliphatic carbocycles. The number of fused-ring (bicyclic) bond motifs is 2. The van der Waals surface area contributed by atoms with Crippen LogP contribution in [0.2, 0.25) is 0 Å². The van der Waals surface area contributed by atoms with Gasteiger partial charge in [-0.25, -0.2) is 14.6 Å². The second-order valence-electron chi connectivity index (χ2n) is 6.39. The highest BCUT2D eigenvalue weighted by Gasteiger charge is 2.23. The van der Waals surface area contributed by atoms with Crippen LogP contribution in [0.1, 0.15) is 24.8 Å². The van der Waals surface area contributed by atoms with Crippen molar-refractivity contribution in [2.75, 3.05) is 13.2 Å². The summed E-state index contributed by atoms with van der Waals surface area (Å²) >= 11 is 1.44. The Hall–Kier alpha value is -2.65. The van der Waals surface area contributed by atoms with E-state index < -0.39 is 0 Å². The van der Waals surface area contributed by atoms with Crippen LogP contribution in [0.15, 0.2) is 44.8 Å². The van der Waals surface area contributed by atoms with Crippen molar-refractivity contribution in [3.8, 4) is 0 Å². The molecule has 5 rings (SSSR count). The summed E-state index contributed by atoms with van der Waals surface area (Å²) in [6, 6.07) is 7.83. The van der Waals surface area contributed by atoms with Gasteiger partial charge in [0.15, 0.2) is 11.2 Å². The lowest BCUT2D eigenvalue weighted by Crippen LogP contribution is -2.21. The maximum absolute atomic E-state index is 12.4. The molecular weight excluding hydrogens is 366 g/mol. The number of rotatable bonds is 4. The standard InChI is InChI=1S/C18H17N5O3S/c24-17-15-16(19-10-20-17)23(11-5-7-25-8-6-11)22-18(15)27-9-14-21-12-3-1-2-4-13(12)26-14/h1-4,10-11H,5-9H2,(H,19,20,24). The van der Waals surface area contributed by atoms with Crippen LogP contribution < -0.4 is 5.56 Å². The lowest BCUT2D eigenvalue weighted by atomic mass is 10.1. The molecule has 1 saturated heterocycles. The third kappa shape index (κ3) is 3.02. The number of aromatic nitrogens is 5. The Morgan fingerprint density at radius 3 is 2.96 bits per heavy atom. The van der Waals surface area contributed by atoms with E-state index in [1.165, 1.54) is 18.1 Å². The van der Waals surface area contributed by atoms with Gasteiger partial charge in [-0.2, -0.15) is 5.10 Å². The molecule has 0 spiro atoms. The van der Waals surface area contributed by atoms with Gasteiger partial charge in [-0.1, -0.05) is 23.9 Å². The Morgan fingerprint density at radius 1 is 1.26 bits per heavy atom. The molecule has 0 radical (unpaired) electrons. The third-order valence-corrected chi connectivity index (χ3v) is 5.62. The zero-order valence-corrected chi connectivity index (χ0v) is 15.2. The number of benzene rings is 1. The Morgan fingerprint density at radius 2 is 2.11 bits per heavy atom. The molecule has 4 heterocycles. The van der Waals surface area contributed by atoms with Crippen LogP contribution in [-0.4, -0.2) is 37.9 Å². The van der Waals surface area contributed by atoms with E-state index in [0.29, 0.717) is 40.9 Å². The maximum Gasteiger partial charge on any atom is 0.263 e. The number of hydrogen-bond donors (Lipinski definition) is 1. The molecule has 3 aromatic heterocycles. The Labute approximate surface area is 157 Å². The van der Waals surface area contributed by atoms with E-state index in [1.807, 2.05) is 28.9 Å². The van der Waals surface area contributed by atoms with Crippen molar-refractivity contribution >= 4 is 33.9 Å². The van der Waals surface area contributed by atoms with Gasteiger partial charge in [-0.3, -0.25) is 4.79 Å². The van der Waals surface area contributed by atoms with E-state index in [4.69, 9.17) is 14.3 Å². The summed E-state index contributed by atoms with van der Waals surface area (Å²) in [6.45, 7) is 1.39. The first kappa shape index (κ1) is 16.5. The van der Waals surface area contributed by atoms with E-state index in [0.717, 1.165) is 23.9 Å². The largest absolute Gasteiger partial charge is 0.440 e. The minimum atomic E-state index is -0.182. The quantitative estimate of drug-likeness (QED) is 0.541. The van der Waals surface area contributed by atoms with Crippen molar-refractivity contribution in [2.45, 2.75) is 29.7 Å². The number of nitrogens with one attached hydrogen (secondary N) is 1. The van der Waals surface area contributed by atoms with E-state index >= 15 is 0 Å². The van der Waals surface area contributed by atoms with Crippen molar-refractivity contribution < 1.29 is 9.15 Å². The van der Waals surface area contributed by atoms with Crippen LogP contribution in [-0.2, 0) is 10.5 Å². The molecule has 1 fully saturated rings. The summed E-state index contributed by atoms with van der Waals surface area (Å²) in [5.41, 5.74) is 2.01. The van der Waals surface area contributed by atoms with E-state index in [9.17, 15) is 4.79 Å². The molecule has 0 amide bonds. The number of ether oxygens (including phenoxy) is 1. The van der Waals surface area contributed by atoms with Gasteiger partial charge < -0.3 is 14.1 Å². The highest BCUT2D eigenvalue weighted by Crippen LogP contribution is 2.31. The normalized spacial score (nSPS) is 15.7. The summed E-state index contributed by atoms with van der Waals surface area (Å²) in [4.78, 5) is 23.9. The zero-order chi connectivity index (χ0) is 18.2. The number of para-hydroxylation sites is 2. The number of thioether (sulfide) groups is 1. The number of H-pyrrole nitrogens is 1. The molecule has 8 nitrogen and oxygen atoms in total. The fourth-order valence-electron chi connectivity index (χ4n) is 3.35. The van der Waals surface area contributed by atoms with Crippen molar-refractivity contribution in [3.63, 3.8) is 0 Å². The molecule has 4 aromatic rings. The first-order chi connectivity index (χ1) is 13.3. The Bertz CT molecular complexity index is 1130. The van der Waals surface area contributed by atoms with Crippen LogP contribution in [0.3, 0.4) is 0 Å². The van der Waals surface area contributed by atoms with Crippen LogP contribution in [0.4, 0.5) is 0 Å². The van der Waals surface area contributed by atoms with Gasteiger partial charge >= 0.3 is 0 Å². The van der Waals surface area contributed by atoms with Crippen molar-refractivity contribution in [3.05, 3.63) is 46.8 Å². The van der Waals surface area contributed by atoms with Crippen LogP contribution in [0, 0.1) is 0 Å². The van der Waals surface area contributed by atoms with Crippen molar-refractivity contribution in [1.82, 2.24) is 24.7 Å². The van der Waals surface area contributed by atoms with E-state index in [2.05, 4.69) is 15.0 Å². The first-order valence-electron chi connectivity index (χ1n) is 8.80. The number of aromatic amines is 1. The molecule has 0 atom stereocenters. The molecule has 9 heteroatoms. The second-order valence-corrected chi connectivity index (χ2v) is 7.35. The molecule has 1 N–H and O–H groups in total. The first-order valence-corrected chi connectivity index (χ1v) is 9.79. The molecule has 27 heavy (non-hydrogen) atoms. The third-order valence-electron chi connectivity index (χ3n) is 4.67. The fourth-order valence-corrected chi connectivity index (χ4v) is 4.21. The summed E-state index contributed by atoms with van der Waals surface area (Å²) in [5.74, 6) is 1.10. The van der Waals surface area contributed by atoms with E-state index in [-0.39, 0.29) is 11.6 Å². The molecule has 0 saturated carbocycles. The predicted octanol–water partition coefficient (Wildman–Crippen LogP) is 2.90. The average molecular weight is 383 g/mol. The van der Waals surface area contributed by atoms with Gasteiger partial charge in [0.1, 0.15) is 15.9 Å². The Kier molecular flexibility index (Phi) is 4.17. The molecular formula is C18H17N5O3S. The minimum Gasteiger partial charge on any atom is -0.440 e. The second kappa shape index (κ2) is 6.82. The minimum absolute atomic E-state index is 0.182. The van der Waals surface area contributed by atoms with Crippen LogP contribution >= 0.6 is 11.8 Å². The Balaban J connectivity index is 1.49. The zero-order valence-electron chi connectivity index (χ0n) is 14.4. The summed E-state index contributed by atoms with van der Waals surface area (Å²) in [7, 11) is 0. The van der Waals surface area contributed by atoms with Gasteiger partial charge in [0, 0.05) is 13.2 Å². The van der Waals surface area contributed by atoms with Gasteiger partial charge in [0.25, 0.3) is 5.56 Å². The summed E-state index contributed by atoms with van der Waals surface area (Å²) < 4.78 is 13.1. The molecule has 1 aromatic carbocycles. The number of hydrogen-bond acceptors (Lipinski definition) is 7. The lowest BCUT2D eigenvalue weighted by Gasteiger charge is -2.22. The van der Waals surface area contributed by atoms with Crippen LogP contribution in [0.25, 0.3) is 22.1 Å². The molecule has 0 bridgehead atoms. The maximum atomic E-state index is 12.4. The molecule has 138 valence electrons. The van der Waals surface area contributed by atoms with Gasteiger partial charge in [-0.15, -0.1) is 0 Å². The van der Waals surface area contributed by atoms with Gasteiger partial charge in [0.2, 0.25) is 5.89 Å². The molecule has 1 aliphatic heterocycles. The summed E-state index contributed by atoms with van der Waals surface area (Å²) in [6.07, 6.45) is 3.15. The predicted molar refractivity (Wildman–Crippen MR) is 101 cm³/mol. The fraction of sp³-hybridized carbons (Fsp3) is 0.333. The highest BCUT2D eigenvalue weighted by molar-refractivity contribution is 7.98. The number of oxazole rings is 1. The highest BCUT2D eigenvalue weighted by atomic mass is 32.2. The van der Waals surface area contributed by atoms with Crippen molar-refractivity contribution in [2.24, 2.45) is 0 Å². The van der Waals surface area contributed by atoms with Gasteiger partial charge in [-0.05, 0) is 25.0 Å². The van der Waals surface area contributed by atoms with Crippen molar-refractivity contribution in [1.29, 1.82) is 0 Å². The smallest absolute Gasteiger partial charge is 0.263 e. The molecule has 0 unspecified atom stereocenters. The summed E-state index contributed by atoms with van der Waals surface area (Å²) in [5, 5.41) is 5.88. The lowest BCUT2D eigenvalue weighted by molar-refractivity contribution is 0.0670.